The van der Waals surface area contributed by atoms with Crippen LogP contribution in [0.3, 0.4) is 0 Å². The molecule has 0 fully saturated rings. The zero-order valence-corrected chi connectivity index (χ0v) is 15.1. The number of hydrogen-bond donors (Lipinski definition) is 1. The van der Waals surface area contributed by atoms with E-state index < -0.39 is 0 Å². The highest BCUT2D eigenvalue weighted by Gasteiger charge is 2.12. The van der Waals surface area contributed by atoms with Crippen LogP contribution in [0.15, 0.2) is 40.9 Å². The van der Waals surface area contributed by atoms with Gasteiger partial charge in [0.25, 0.3) is 0 Å². The van der Waals surface area contributed by atoms with Gasteiger partial charge in [0.1, 0.15) is 0 Å². The first-order valence-corrected chi connectivity index (χ1v) is 8.10. The van der Waals surface area contributed by atoms with Crippen molar-refractivity contribution in [1.29, 1.82) is 0 Å². The minimum absolute atomic E-state index is 0.359. The number of halogens is 2. The van der Waals surface area contributed by atoms with Crippen molar-refractivity contribution in [3.8, 4) is 22.9 Å². The molecule has 0 saturated heterocycles. The monoisotopic (exact) mass is 379 g/mol. The SMILES string of the molecule is COc1ccc(-c2noc(CNc3ccc(Cl)c(Cl)c3)n2)cc1OC. The maximum Gasteiger partial charge on any atom is 0.246 e. The summed E-state index contributed by atoms with van der Waals surface area (Å²) in [5, 5.41) is 8.12. The molecule has 0 atom stereocenters. The van der Waals surface area contributed by atoms with Crippen molar-refractivity contribution in [2.24, 2.45) is 0 Å². The molecule has 1 N–H and O–H groups in total. The molecule has 0 aliphatic heterocycles. The van der Waals surface area contributed by atoms with Crippen molar-refractivity contribution < 1.29 is 14.0 Å². The van der Waals surface area contributed by atoms with Crippen LogP contribution < -0.4 is 14.8 Å². The van der Waals surface area contributed by atoms with Gasteiger partial charge in [-0.1, -0.05) is 28.4 Å². The lowest BCUT2D eigenvalue weighted by Gasteiger charge is -2.07. The van der Waals surface area contributed by atoms with Gasteiger partial charge in [-0.05, 0) is 36.4 Å². The van der Waals surface area contributed by atoms with E-state index in [0.29, 0.717) is 39.8 Å². The Labute approximate surface area is 154 Å². The summed E-state index contributed by atoms with van der Waals surface area (Å²) in [5.41, 5.74) is 1.57. The van der Waals surface area contributed by atoms with Gasteiger partial charge in [0.15, 0.2) is 11.5 Å². The maximum atomic E-state index is 5.99. The van der Waals surface area contributed by atoms with Gasteiger partial charge >= 0.3 is 0 Å². The lowest BCUT2D eigenvalue weighted by Crippen LogP contribution is -1.99. The average molecular weight is 380 g/mol. The van der Waals surface area contributed by atoms with E-state index in [-0.39, 0.29) is 0 Å². The van der Waals surface area contributed by atoms with E-state index in [2.05, 4.69) is 15.5 Å². The standard InChI is InChI=1S/C17H15Cl2N3O3/c1-23-14-6-3-10(7-15(14)24-2)17-21-16(25-22-17)9-20-11-4-5-12(18)13(19)8-11/h3-8,20H,9H2,1-2H3. The molecule has 3 rings (SSSR count). The van der Waals surface area contributed by atoms with Crippen molar-refractivity contribution in [1.82, 2.24) is 10.1 Å². The van der Waals surface area contributed by atoms with Crippen LogP contribution in [0.25, 0.3) is 11.4 Å². The van der Waals surface area contributed by atoms with Crippen molar-refractivity contribution in [2.75, 3.05) is 19.5 Å². The van der Waals surface area contributed by atoms with Gasteiger partial charge in [-0.25, -0.2) is 0 Å². The Bertz CT molecular complexity index is 883. The van der Waals surface area contributed by atoms with E-state index >= 15 is 0 Å². The van der Waals surface area contributed by atoms with Crippen molar-refractivity contribution in [2.45, 2.75) is 6.54 Å². The molecule has 0 amide bonds. The van der Waals surface area contributed by atoms with Gasteiger partial charge in [-0.3, -0.25) is 0 Å². The summed E-state index contributed by atoms with van der Waals surface area (Å²) in [6, 6.07) is 10.7. The first-order chi connectivity index (χ1) is 12.1. The van der Waals surface area contributed by atoms with E-state index in [1.165, 1.54) is 0 Å². The zero-order chi connectivity index (χ0) is 17.8. The fourth-order valence-corrected chi connectivity index (χ4v) is 2.50. The van der Waals surface area contributed by atoms with E-state index in [4.69, 9.17) is 37.2 Å². The van der Waals surface area contributed by atoms with Crippen molar-refractivity contribution in [3.05, 3.63) is 52.3 Å². The zero-order valence-electron chi connectivity index (χ0n) is 13.5. The Morgan fingerprint density at radius 3 is 2.52 bits per heavy atom. The molecule has 0 aliphatic rings. The second kappa shape index (κ2) is 7.63. The van der Waals surface area contributed by atoms with E-state index in [0.717, 1.165) is 11.3 Å². The Morgan fingerprint density at radius 1 is 1.00 bits per heavy atom. The number of hydrogen-bond acceptors (Lipinski definition) is 6. The number of ether oxygens (including phenoxy) is 2. The van der Waals surface area contributed by atoms with Crippen LogP contribution in [-0.2, 0) is 6.54 Å². The second-order valence-corrected chi connectivity index (χ2v) is 5.88. The number of nitrogens with zero attached hydrogens (tertiary/aromatic N) is 2. The predicted octanol–water partition coefficient (Wildman–Crippen LogP) is 4.67. The largest absolute Gasteiger partial charge is 0.493 e. The Morgan fingerprint density at radius 2 is 1.80 bits per heavy atom. The molecule has 2 aromatic carbocycles. The molecule has 1 heterocycles. The highest BCUT2D eigenvalue weighted by molar-refractivity contribution is 6.42. The number of rotatable bonds is 6. The van der Waals surface area contributed by atoms with E-state index in [1.54, 1.807) is 38.5 Å². The number of methoxy groups -OCH3 is 2. The maximum absolute atomic E-state index is 5.99. The van der Waals surface area contributed by atoms with E-state index in [9.17, 15) is 0 Å². The Balaban J connectivity index is 1.73. The Kier molecular flexibility index (Phi) is 5.31. The molecule has 0 unspecified atom stereocenters. The fourth-order valence-electron chi connectivity index (χ4n) is 2.20. The minimum atomic E-state index is 0.359. The summed E-state index contributed by atoms with van der Waals surface area (Å²) >= 11 is 11.9. The Hall–Kier alpha value is -2.44. The molecule has 0 radical (unpaired) electrons. The first kappa shape index (κ1) is 17.4. The average Bonchev–Trinajstić information content (AvgIpc) is 3.11. The van der Waals surface area contributed by atoms with Gasteiger partial charge in [0, 0.05) is 11.3 Å². The lowest BCUT2D eigenvalue weighted by atomic mass is 10.2. The van der Waals surface area contributed by atoms with Gasteiger partial charge in [-0.15, -0.1) is 0 Å². The van der Waals surface area contributed by atoms with E-state index in [1.807, 2.05) is 12.1 Å². The quantitative estimate of drug-likeness (QED) is 0.670. The molecule has 0 saturated carbocycles. The van der Waals surface area contributed by atoms with Crippen LogP contribution in [0, 0.1) is 0 Å². The third-order valence-electron chi connectivity index (χ3n) is 3.47. The summed E-state index contributed by atoms with van der Waals surface area (Å²) in [6.45, 7) is 0.359. The normalized spacial score (nSPS) is 10.6. The van der Waals surface area contributed by atoms with Crippen LogP contribution in [0.4, 0.5) is 5.69 Å². The molecule has 1 aromatic heterocycles. The second-order valence-electron chi connectivity index (χ2n) is 5.06. The summed E-state index contributed by atoms with van der Waals surface area (Å²) < 4.78 is 15.8. The number of benzene rings is 2. The number of aromatic nitrogens is 2. The summed E-state index contributed by atoms with van der Waals surface area (Å²) in [4.78, 5) is 4.37. The smallest absolute Gasteiger partial charge is 0.246 e. The highest BCUT2D eigenvalue weighted by atomic mass is 35.5. The molecule has 6 nitrogen and oxygen atoms in total. The van der Waals surface area contributed by atoms with Gasteiger partial charge < -0.3 is 19.3 Å². The molecule has 0 bridgehead atoms. The van der Waals surface area contributed by atoms with Gasteiger partial charge in [0.2, 0.25) is 11.7 Å². The molecule has 8 heteroatoms. The summed E-state index contributed by atoms with van der Waals surface area (Å²) in [7, 11) is 3.16. The van der Waals surface area contributed by atoms with Crippen LogP contribution in [0.5, 0.6) is 11.5 Å². The predicted molar refractivity (Wildman–Crippen MR) is 96.6 cm³/mol. The molecule has 0 spiro atoms. The highest BCUT2D eigenvalue weighted by Crippen LogP contribution is 2.31. The molecule has 130 valence electrons. The lowest BCUT2D eigenvalue weighted by molar-refractivity contribution is 0.355. The first-order valence-electron chi connectivity index (χ1n) is 7.34. The number of anilines is 1. The van der Waals surface area contributed by atoms with Crippen LogP contribution >= 0.6 is 23.2 Å². The third kappa shape index (κ3) is 3.97. The minimum Gasteiger partial charge on any atom is -0.493 e. The molecular formula is C17H15Cl2N3O3. The topological polar surface area (TPSA) is 69.4 Å². The van der Waals surface area contributed by atoms with Gasteiger partial charge in [0.05, 0.1) is 30.8 Å². The molecule has 0 aliphatic carbocycles. The van der Waals surface area contributed by atoms with Crippen LogP contribution in [-0.4, -0.2) is 24.4 Å². The summed E-state index contributed by atoms with van der Waals surface area (Å²) in [5.74, 6) is 2.14. The van der Waals surface area contributed by atoms with Crippen LogP contribution in [0.1, 0.15) is 5.89 Å². The molecule has 3 aromatic rings. The fraction of sp³-hybridized carbons (Fsp3) is 0.176. The third-order valence-corrected chi connectivity index (χ3v) is 4.21. The van der Waals surface area contributed by atoms with Crippen molar-refractivity contribution >= 4 is 28.9 Å². The van der Waals surface area contributed by atoms with Crippen LogP contribution in [0.2, 0.25) is 10.0 Å². The van der Waals surface area contributed by atoms with Crippen molar-refractivity contribution in [3.63, 3.8) is 0 Å². The molecule has 25 heavy (non-hydrogen) atoms. The number of nitrogens with one attached hydrogen (secondary N) is 1. The van der Waals surface area contributed by atoms with Gasteiger partial charge in [-0.2, -0.15) is 4.98 Å². The summed E-state index contributed by atoms with van der Waals surface area (Å²) in [6.07, 6.45) is 0. The molecular weight excluding hydrogens is 365 g/mol.